The highest BCUT2D eigenvalue weighted by Crippen LogP contribution is 2.61. The van der Waals surface area contributed by atoms with Crippen LogP contribution in [0.3, 0.4) is 0 Å². The van der Waals surface area contributed by atoms with Crippen LogP contribution in [-0.2, 0) is 0 Å². The summed E-state index contributed by atoms with van der Waals surface area (Å²) in [5.41, 5.74) is 3.73. The van der Waals surface area contributed by atoms with Crippen LogP contribution in [0.1, 0.15) is 66.7 Å². The minimum absolute atomic E-state index is 0.418. The second-order valence-electron chi connectivity index (χ2n) is 7.97. The average molecular weight is 272 g/mol. The van der Waals surface area contributed by atoms with Crippen LogP contribution in [0.25, 0.3) is 0 Å². The van der Waals surface area contributed by atoms with Crippen LogP contribution in [0, 0.1) is 22.7 Å². The molecule has 0 saturated heterocycles. The SMILES string of the molecule is C=C1CCC2C(C)(C)CCCC2(C)C1C=CC(C)=CC. The van der Waals surface area contributed by atoms with Gasteiger partial charge in [-0.25, -0.2) is 0 Å². The molecule has 0 aliphatic heterocycles. The van der Waals surface area contributed by atoms with E-state index in [4.69, 9.17) is 0 Å². The van der Waals surface area contributed by atoms with Gasteiger partial charge in [0.05, 0.1) is 0 Å². The Bertz CT molecular complexity index is 435. The van der Waals surface area contributed by atoms with Crippen molar-refractivity contribution in [1.29, 1.82) is 0 Å². The molecule has 0 spiro atoms. The molecular formula is C20H32. The molecule has 0 heterocycles. The third-order valence-corrected chi connectivity index (χ3v) is 6.19. The molecule has 2 aliphatic carbocycles. The normalized spacial score (nSPS) is 38.0. The van der Waals surface area contributed by atoms with E-state index in [1.807, 2.05) is 0 Å². The molecule has 0 aromatic carbocycles. The van der Waals surface area contributed by atoms with Gasteiger partial charge >= 0.3 is 0 Å². The number of rotatable bonds is 2. The monoisotopic (exact) mass is 272 g/mol. The predicted octanol–water partition coefficient (Wildman–Crippen LogP) is 6.31. The van der Waals surface area contributed by atoms with E-state index in [-0.39, 0.29) is 0 Å². The fourth-order valence-corrected chi connectivity index (χ4v) is 4.91. The molecular weight excluding hydrogens is 240 g/mol. The average Bonchev–Trinajstić information content (AvgIpc) is 2.36. The Labute approximate surface area is 126 Å². The zero-order valence-electron chi connectivity index (χ0n) is 14.1. The quantitative estimate of drug-likeness (QED) is 0.408. The lowest BCUT2D eigenvalue weighted by Gasteiger charge is -2.57. The Morgan fingerprint density at radius 3 is 2.60 bits per heavy atom. The van der Waals surface area contributed by atoms with Crippen LogP contribution in [-0.4, -0.2) is 0 Å². The summed E-state index contributed by atoms with van der Waals surface area (Å²) >= 11 is 0. The van der Waals surface area contributed by atoms with Crippen LogP contribution < -0.4 is 0 Å². The van der Waals surface area contributed by atoms with Gasteiger partial charge in [0.15, 0.2) is 0 Å². The van der Waals surface area contributed by atoms with Gasteiger partial charge in [0, 0.05) is 5.92 Å². The molecule has 2 rings (SSSR count). The van der Waals surface area contributed by atoms with Crippen molar-refractivity contribution in [2.24, 2.45) is 22.7 Å². The largest absolute Gasteiger partial charge is 0.0992 e. The maximum atomic E-state index is 4.41. The first-order chi connectivity index (χ1) is 9.31. The fraction of sp³-hybridized carbons (Fsp3) is 0.700. The van der Waals surface area contributed by atoms with E-state index in [0.29, 0.717) is 16.7 Å². The summed E-state index contributed by atoms with van der Waals surface area (Å²) in [4.78, 5) is 0. The summed E-state index contributed by atoms with van der Waals surface area (Å²) in [6, 6.07) is 0. The molecule has 0 amide bonds. The van der Waals surface area contributed by atoms with E-state index < -0.39 is 0 Å². The van der Waals surface area contributed by atoms with Gasteiger partial charge in [-0.2, -0.15) is 0 Å². The summed E-state index contributed by atoms with van der Waals surface area (Å²) < 4.78 is 0. The molecule has 2 fully saturated rings. The van der Waals surface area contributed by atoms with Crippen molar-refractivity contribution in [3.05, 3.63) is 36.0 Å². The molecule has 0 radical (unpaired) electrons. The first-order valence-electron chi connectivity index (χ1n) is 8.30. The second kappa shape index (κ2) is 5.54. The summed E-state index contributed by atoms with van der Waals surface area (Å²) in [5.74, 6) is 1.41. The van der Waals surface area contributed by atoms with Crippen LogP contribution in [0.2, 0.25) is 0 Å². The van der Waals surface area contributed by atoms with Crippen molar-refractivity contribution in [1.82, 2.24) is 0 Å². The fourth-order valence-electron chi connectivity index (χ4n) is 4.91. The standard InChI is InChI=1S/C20H32/c1-7-15(2)9-11-17-16(3)10-12-18-19(4,5)13-8-14-20(17,18)6/h7,9,11,17-18H,3,8,10,12-14H2,1-2,4-6H3. The molecule has 0 N–H and O–H groups in total. The maximum Gasteiger partial charge on any atom is 0.00340 e. The first-order valence-corrected chi connectivity index (χ1v) is 8.30. The number of hydrogen-bond acceptors (Lipinski definition) is 0. The van der Waals surface area contributed by atoms with E-state index in [9.17, 15) is 0 Å². The maximum absolute atomic E-state index is 4.41. The first kappa shape index (κ1) is 15.6. The van der Waals surface area contributed by atoms with Gasteiger partial charge in [-0.3, -0.25) is 0 Å². The van der Waals surface area contributed by atoms with Crippen molar-refractivity contribution in [2.45, 2.75) is 66.7 Å². The van der Waals surface area contributed by atoms with Crippen LogP contribution in [0.15, 0.2) is 36.0 Å². The van der Waals surface area contributed by atoms with Crippen molar-refractivity contribution in [3.8, 4) is 0 Å². The Hall–Kier alpha value is -0.780. The highest BCUT2D eigenvalue weighted by Gasteiger charge is 2.51. The zero-order chi connectivity index (χ0) is 15.0. The second-order valence-corrected chi connectivity index (χ2v) is 7.97. The Morgan fingerprint density at radius 1 is 1.25 bits per heavy atom. The van der Waals surface area contributed by atoms with E-state index in [1.165, 1.54) is 43.3 Å². The summed E-state index contributed by atoms with van der Waals surface area (Å²) in [6.45, 7) is 16.2. The van der Waals surface area contributed by atoms with Crippen LogP contribution in [0.5, 0.6) is 0 Å². The van der Waals surface area contributed by atoms with Crippen molar-refractivity contribution in [2.75, 3.05) is 0 Å². The molecule has 2 aliphatic rings. The molecule has 112 valence electrons. The smallest absolute Gasteiger partial charge is 0.00340 e. The predicted molar refractivity (Wildman–Crippen MR) is 89.7 cm³/mol. The van der Waals surface area contributed by atoms with Crippen molar-refractivity contribution < 1.29 is 0 Å². The molecule has 3 unspecified atom stereocenters. The molecule has 0 aromatic heterocycles. The van der Waals surface area contributed by atoms with E-state index in [1.54, 1.807) is 0 Å². The molecule has 0 aromatic rings. The number of hydrogen-bond donors (Lipinski definition) is 0. The third kappa shape index (κ3) is 2.67. The Morgan fingerprint density at radius 2 is 1.95 bits per heavy atom. The topological polar surface area (TPSA) is 0 Å². The van der Waals surface area contributed by atoms with E-state index in [2.05, 4.69) is 59.4 Å². The van der Waals surface area contributed by atoms with Gasteiger partial charge in [-0.1, -0.05) is 63.1 Å². The zero-order valence-corrected chi connectivity index (χ0v) is 14.1. The van der Waals surface area contributed by atoms with Crippen LogP contribution >= 0.6 is 0 Å². The Kier molecular flexibility index (Phi) is 4.33. The highest BCUT2D eigenvalue weighted by molar-refractivity contribution is 5.25. The van der Waals surface area contributed by atoms with Gasteiger partial charge in [0.1, 0.15) is 0 Å². The number of allylic oxidation sites excluding steroid dienone is 5. The van der Waals surface area contributed by atoms with Crippen LogP contribution in [0.4, 0.5) is 0 Å². The molecule has 20 heavy (non-hydrogen) atoms. The van der Waals surface area contributed by atoms with Crippen molar-refractivity contribution >= 4 is 0 Å². The van der Waals surface area contributed by atoms with Gasteiger partial charge in [0.2, 0.25) is 0 Å². The lowest BCUT2D eigenvalue weighted by molar-refractivity contribution is -0.0391. The minimum atomic E-state index is 0.418. The summed E-state index contributed by atoms with van der Waals surface area (Å²) in [6.07, 6.45) is 13.6. The van der Waals surface area contributed by atoms with Gasteiger partial charge in [-0.05, 0) is 56.3 Å². The van der Waals surface area contributed by atoms with Gasteiger partial charge < -0.3 is 0 Å². The molecule has 0 nitrogen and oxygen atoms in total. The van der Waals surface area contributed by atoms with E-state index in [0.717, 1.165) is 5.92 Å². The van der Waals surface area contributed by atoms with E-state index >= 15 is 0 Å². The molecule has 0 bridgehead atoms. The molecule has 0 heteroatoms. The molecule has 2 saturated carbocycles. The highest BCUT2D eigenvalue weighted by atomic mass is 14.6. The minimum Gasteiger partial charge on any atom is -0.0992 e. The number of fused-ring (bicyclic) bond motifs is 1. The molecule has 3 atom stereocenters. The Balaban J connectivity index is 2.33. The summed E-state index contributed by atoms with van der Waals surface area (Å²) in [7, 11) is 0. The van der Waals surface area contributed by atoms with Gasteiger partial charge in [-0.15, -0.1) is 0 Å². The van der Waals surface area contributed by atoms with Gasteiger partial charge in [0.25, 0.3) is 0 Å². The third-order valence-electron chi connectivity index (χ3n) is 6.19. The summed E-state index contributed by atoms with van der Waals surface area (Å²) in [5, 5.41) is 0. The lowest BCUT2D eigenvalue weighted by Crippen LogP contribution is -2.48. The lowest BCUT2D eigenvalue weighted by atomic mass is 9.47. The van der Waals surface area contributed by atoms with Crippen molar-refractivity contribution in [3.63, 3.8) is 0 Å².